The van der Waals surface area contributed by atoms with Gasteiger partial charge in [0.2, 0.25) is 0 Å². The fourth-order valence-electron chi connectivity index (χ4n) is 3.78. The number of aryl methyl sites for hydroxylation is 1. The second-order valence-electron chi connectivity index (χ2n) is 6.39. The van der Waals surface area contributed by atoms with Crippen molar-refractivity contribution in [2.24, 2.45) is 11.3 Å². The van der Waals surface area contributed by atoms with Crippen molar-refractivity contribution in [3.8, 4) is 0 Å². The number of amides is 2. The molecule has 118 valence electrons. The molecule has 2 heterocycles. The van der Waals surface area contributed by atoms with Gasteiger partial charge in [0.05, 0.1) is 5.41 Å². The molecule has 2 atom stereocenters. The maximum absolute atomic E-state index is 12.3. The fourth-order valence-corrected chi connectivity index (χ4v) is 3.78. The number of nitrogens with zero attached hydrogens (tertiary/aromatic N) is 2. The molecule has 6 nitrogen and oxygen atoms in total. The van der Waals surface area contributed by atoms with Crippen LogP contribution in [0.1, 0.15) is 30.4 Å². The van der Waals surface area contributed by atoms with Gasteiger partial charge in [0.15, 0.2) is 0 Å². The predicted molar refractivity (Wildman–Crippen MR) is 80.2 cm³/mol. The first-order chi connectivity index (χ1) is 10.5. The van der Waals surface area contributed by atoms with E-state index >= 15 is 0 Å². The molecule has 2 amide bonds. The van der Waals surface area contributed by atoms with E-state index in [1.165, 1.54) is 0 Å². The number of aliphatic carboxylic acids is 1. The molecule has 2 aliphatic rings. The minimum absolute atomic E-state index is 0.0958. The minimum Gasteiger partial charge on any atom is -0.481 e. The van der Waals surface area contributed by atoms with Crippen LogP contribution < -0.4 is 5.32 Å². The third-order valence-corrected chi connectivity index (χ3v) is 5.15. The molecule has 1 saturated carbocycles. The number of likely N-dealkylation sites (tertiary alicyclic amines) is 1. The lowest BCUT2D eigenvalue weighted by Crippen LogP contribution is -2.41. The first-order valence-electron chi connectivity index (χ1n) is 7.68. The van der Waals surface area contributed by atoms with Gasteiger partial charge in [-0.05, 0) is 42.9 Å². The molecule has 0 radical (unpaired) electrons. The van der Waals surface area contributed by atoms with Gasteiger partial charge in [0.25, 0.3) is 0 Å². The number of hydrogen-bond acceptors (Lipinski definition) is 3. The fraction of sp³-hybridized carbons (Fsp3) is 0.562. The van der Waals surface area contributed by atoms with E-state index in [4.69, 9.17) is 0 Å². The highest BCUT2D eigenvalue weighted by Gasteiger charge is 2.55. The number of rotatable bonds is 3. The van der Waals surface area contributed by atoms with Crippen molar-refractivity contribution in [2.75, 3.05) is 13.1 Å². The Morgan fingerprint density at radius 1 is 1.55 bits per heavy atom. The normalized spacial score (nSPS) is 26.8. The number of nitrogens with one attached hydrogen (secondary N) is 1. The van der Waals surface area contributed by atoms with Crippen molar-refractivity contribution < 1.29 is 14.7 Å². The van der Waals surface area contributed by atoms with Gasteiger partial charge in [-0.15, -0.1) is 0 Å². The first-order valence-corrected chi connectivity index (χ1v) is 7.68. The molecule has 2 fully saturated rings. The Kier molecular flexibility index (Phi) is 3.76. The molecule has 1 aliphatic carbocycles. The largest absolute Gasteiger partial charge is 0.481 e. The van der Waals surface area contributed by atoms with Crippen LogP contribution in [0, 0.1) is 18.3 Å². The van der Waals surface area contributed by atoms with Gasteiger partial charge in [-0.3, -0.25) is 9.78 Å². The Morgan fingerprint density at radius 2 is 2.36 bits per heavy atom. The molecular formula is C16H21N3O3. The van der Waals surface area contributed by atoms with Gasteiger partial charge >= 0.3 is 12.0 Å². The quantitative estimate of drug-likeness (QED) is 0.892. The van der Waals surface area contributed by atoms with Gasteiger partial charge in [-0.25, -0.2) is 4.79 Å². The van der Waals surface area contributed by atoms with Gasteiger partial charge in [-0.2, -0.15) is 0 Å². The van der Waals surface area contributed by atoms with E-state index in [2.05, 4.69) is 10.3 Å². The van der Waals surface area contributed by atoms with E-state index in [9.17, 15) is 14.7 Å². The Morgan fingerprint density at radius 3 is 3.05 bits per heavy atom. The molecule has 0 spiro atoms. The zero-order chi connectivity index (χ0) is 15.7. The summed E-state index contributed by atoms with van der Waals surface area (Å²) in [5.74, 6) is -0.659. The summed E-state index contributed by atoms with van der Waals surface area (Å²) in [5, 5.41) is 12.4. The van der Waals surface area contributed by atoms with E-state index in [1.807, 2.05) is 13.0 Å². The van der Waals surface area contributed by atoms with Crippen LogP contribution in [-0.2, 0) is 11.3 Å². The van der Waals surface area contributed by atoms with Gasteiger partial charge in [-0.1, -0.05) is 6.42 Å². The van der Waals surface area contributed by atoms with Crippen molar-refractivity contribution in [2.45, 2.75) is 32.7 Å². The molecule has 2 N–H and O–H groups in total. The molecular weight excluding hydrogens is 282 g/mol. The van der Waals surface area contributed by atoms with E-state index < -0.39 is 11.4 Å². The van der Waals surface area contributed by atoms with Crippen LogP contribution in [0.25, 0.3) is 0 Å². The number of aromatic nitrogens is 1. The average Bonchev–Trinajstić information content (AvgIpc) is 3.04. The highest BCUT2D eigenvalue weighted by atomic mass is 16.4. The maximum atomic E-state index is 12.3. The van der Waals surface area contributed by atoms with Gasteiger partial charge < -0.3 is 15.3 Å². The summed E-state index contributed by atoms with van der Waals surface area (Å²) in [5.41, 5.74) is 1.34. The Hall–Kier alpha value is -2.11. The Labute approximate surface area is 129 Å². The van der Waals surface area contributed by atoms with Crippen LogP contribution in [0.4, 0.5) is 4.79 Å². The molecule has 1 saturated heterocycles. The number of carbonyl (C=O) groups is 2. The number of carbonyl (C=O) groups excluding carboxylic acids is 1. The van der Waals surface area contributed by atoms with E-state index in [1.54, 1.807) is 17.3 Å². The predicted octanol–water partition coefficient (Wildman–Crippen LogP) is 1.79. The maximum Gasteiger partial charge on any atom is 0.317 e. The van der Waals surface area contributed by atoms with Crippen LogP contribution in [0.2, 0.25) is 0 Å². The van der Waals surface area contributed by atoms with Crippen molar-refractivity contribution in [1.29, 1.82) is 0 Å². The number of fused-ring (bicyclic) bond motifs is 1. The molecule has 0 bridgehead atoms. The highest BCUT2D eigenvalue weighted by Crippen LogP contribution is 2.48. The third kappa shape index (κ3) is 2.42. The van der Waals surface area contributed by atoms with Crippen molar-refractivity contribution in [3.63, 3.8) is 0 Å². The third-order valence-electron chi connectivity index (χ3n) is 5.15. The zero-order valence-electron chi connectivity index (χ0n) is 12.7. The summed E-state index contributed by atoms with van der Waals surface area (Å²) in [7, 11) is 0. The molecule has 3 rings (SSSR count). The SMILES string of the molecule is Cc1cnccc1CNC(=O)N1C[C@@H]2CCC[C@@]2(C(=O)O)C1. The molecule has 0 unspecified atom stereocenters. The average molecular weight is 303 g/mol. The monoisotopic (exact) mass is 303 g/mol. The second-order valence-corrected chi connectivity index (χ2v) is 6.39. The number of hydrogen-bond donors (Lipinski definition) is 2. The molecule has 0 aromatic carbocycles. The van der Waals surface area contributed by atoms with Gasteiger partial charge in [0.1, 0.15) is 0 Å². The van der Waals surface area contributed by atoms with Crippen LogP contribution in [0.3, 0.4) is 0 Å². The number of carboxylic acids is 1. The Balaban J connectivity index is 1.63. The van der Waals surface area contributed by atoms with Crippen LogP contribution >= 0.6 is 0 Å². The summed E-state index contributed by atoms with van der Waals surface area (Å²) in [6.07, 6.45) is 6.00. The lowest BCUT2D eigenvalue weighted by atomic mass is 9.81. The van der Waals surface area contributed by atoms with Crippen LogP contribution in [0.15, 0.2) is 18.5 Å². The van der Waals surface area contributed by atoms with Crippen LogP contribution in [-0.4, -0.2) is 40.1 Å². The number of pyridine rings is 1. The highest BCUT2D eigenvalue weighted by molar-refractivity contribution is 5.80. The van der Waals surface area contributed by atoms with Crippen molar-refractivity contribution in [3.05, 3.63) is 29.6 Å². The molecule has 22 heavy (non-hydrogen) atoms. The molecule has 1 aromatic heterocycles. The smallest absolute Gasteiger partial charge is 0.317 e. The van der Waals surface area contributed by atoms with E-state index in [0.29, 0.717) is 26.1 Å². The number of carboxylic acid groups (broad SMARTS) is 1. The summed E-state index contributed by atoms with van der Waals surface area (Å²) >= 11 is 0. The molecule has 1 aliphatic heterocycles. The first kappa shape index (κ1) is 14.8. The Bertz CT molecular complexity index is 604. The summed E-state index contributed by atoms with van der Waals surface area (Å²) in [6.45, 7) is 3.27. The lowest BCUT2D eigenvalue weighted by molar-refractivity contribution is -0.149. The molecule has 6 heteroatoms. The summed E-state index contributed by atoms with van der Waals surface area (Å²) in [6, 6.07) is 1.71. The number of urea groups is 1. The second kappa shape index (κ2) is 5.59. The summed E-state index contributed by atoms with van der Waals surface area (Å²) < 4.78 is 0. The van der Waals surface area contributed by atoms with Gasteiger partial charge in [0, 0.05) is 32.0 Å². The summed E-state index contributed by atoms with van der Waals surface area (Å²) in [4.78, 5) is 29.7. The van der Waals surface area contributed by atoms with E-state index in [0.717, 1.165) is 24.0 Å². The minimum atomic E-state index is -0.754. The topological polar surface area (TPSA) is 82.5 Å². The van der Waals surface area contributed by atoms with Crippen molar-refractivity contribution in [1.82, 2.24) is 15.2 Å². The molecule has 1 aromatic rings. The van der Waals surface area contributed by atoms with Crippen molar-refractivity contribution >= 4 is 12.0 Å². The standard InChI is InChI=1S/C16H21N3O3/c1-11-7-17-6-4-12(11)8-18-15(22)19-9-13-3-2-5-16(13,10-19)14(20)21/h4,6-7,13H,2-3,5,8-10H2,1H3,(H,18,22)(H,20,21)/t13-,16+/m0/s1. The lowest BCUT2D eigenvalue weighted by Gasteiger charge is -2.23. The zero-order valence-corrected chi connectivity index (χ0v) is 12.7. The van der Waals surface area contributed by atoms with Crippen LogP contribution in [0.5, 0.6) is 0 Å². The van der Waals surface area contributed by atoms with E-state index in [-0.39, 0.29) is 11.9 Å².